The first-order valence-electron chi connectivity index (χ1n) is 5.47. The Morgan fingerprint density at radius 3 is 3.06 bits per heavy atom. The van der Waals surface area contributed by atoms with Crippen molar-refractivity contribution in [1.82, 2.24) is 9.55 Å². The second-order valence-electron chi connectivity index (χ2n) is 4.52. The van der Waals surface area contributed by atoms with Crippen LogP contribution >= 0.6 is 27.7 Å². The molecule has 3 rings (SSSR count). The lowest BCUT2D eigenvalue weighted by Gasteiger charge is -2.17. The Bertz CT molecular complexity index is 547. The number of aromatic nitrogens is 2. The molecule has 0 spiro atoms. The summed E-state index contributed by atoms with van der Waals surface area (Å²) in [6.07, 6.45) is 0. The van der Waals surface area contributed by atoms with Crippen LogP contribution in [0.25, 0.3) is 11.0 Å². The molecule has 1 aliphatic rings. The molecule has 2 aromatic rings. The third kappa shape index (κ3) is 1.51. The van der Waals surface area contributed by atoms with Crippen LogP contribution in [0.1, 0.15) is 19.9 Å². The van der Waals surface area contributed by atoms with Crippen molar-refractivity contribution in [3.63, 3.8) is 0 Å². The number of fused-ring (bicyclic) bond motifs is 3. The zero-order valence-electron chi connectivity index (χ0n) is 9.27. The molecule has 0 unspecified atom stereocenters. The SMILES string of the molecule is CC(C)[C@@H]1CSc2nc3cc(Br)ccc3n21. The van der Waals surface area contributed by atoms with Crippen LogP contribution in [0, 0.1) is 5.92 Å². The number of imidazole rings is 1. The number of hydrogen-bond donors (Lipinski definition) is 0. The van der Waals surface area contributed by atoms with Gasteiger partial charge in [-0.3, -0.25) is 0 Å². The summed E-state index contributed by atoms with van der Waals surface area (Å²) in [5.74, 6) is 1.82. The minimum Gasteiger partial charge on any atom is -0.315 e. The Kier molecular flexibility index (Phi) is 2.51. The largest absolute Gasteiger partial charge is 0.315 e. The quantitative estimate of drug-likeness (QED) is 0.788. The van der Waals surface area contributed by atoms with Crippen LogP contribution in [0.15, 0.2) is 27.8 Å². The summed E-state index contributed by atoms with van der Waals surface area (Å²) in [5, 5.41) is 1.17. The van der Waals surface area contributed by atoms with Crippen molar-refractivity contribution in [1.29, 1.82) is 0 Å². The first-order valence-corrected chi connectivity index (χ1v) is 7.25. The number of hydrogen-bond acceptors (Lipinski definition) is 2. The van der Waals surface area contributed by atoms with Crippen LogP contribution in [-0.4, -0.2) is 15.3 Å². The van der Waals surface area contributed by atoms with Gasteiger partial charge < -0.3 is 4.57 Å². The third-order valence-electron chi connectivity index (χ3n) is 3.10. The molecule has 0 N–H and O–H groups in total. The molecular weight excluding hydrogens is 284 g/mol. The van der Waals surface area contributed by atoms with Crippen molar-refractivity contribution in [2.45, 2.75) is 25.0 Å². The van der Waals surface area contributed by atoms with Gasteiger partial charge in [0.15, 0.2) is 5.16 Å². The molecule has 0 aliphatic carbocycles. The number of rotatable bonds is 1. The summed E-state index contributed by atoms with van der Waals surface area (Å²) in [5.41, 5.74) is 2.36. The van der Waals surface area contributed by atoms with Gasteiger partial charge in [-0.25, -0.2) is 4.98 Å². The summed E-state index contributed by atoms with van der Waals surface area (Å²) in [4.78, 5) is 4.68. The molecule has 0 saturated carbocycles. The molecule has 1 aromatic carbocycles. The molecule has 2 nitrogen and oxygen atoms in total. The molecule has 1 atom stereocenters. The van der Waals surface area contributed by atoms with E-state index in [2.05, 4.69) is 57.5 Å². The van der Waals surface area contributed by atoms with Gasteiger partial charge in [0.1, 0.15) is 0 Å². The number of halogens is 1. The lowest BCUT2D eigenvalue weighted by atomic mass is 10.1. The zero-order chi connectivity index (χ0) is 11.3. The predicted molar refractivity (Wildman–Crippen MR) is 72.0 cm³/mol. The molecule has 0 fully saturated rings. The summed E-state index contributed by atoms with van der Waals surface area (Å²) in [7, 11) is 0. The van der Waals surface area contributed by atoms with Gasteiger partial charge in [-0.05, 0) is 24.1 Å². The third-order valence-corrected chi connectivity index (χ3v) is 4.65. The number of nitrogens with zero attached hydrogens (tertiary/aromatic N) is 2. The van der Waals surface area contributed by atoms with Gasteiger partial charge in [-0.1, -0.05) is 41.5 Å². The Balaban J connectivity index is 2.23. The minimum absolute atomic E-state index is 0.589. The predicted octanol–water partition coefficient (Wildman–Crippen LogP) is 4.10. The van der Waals surface area contributed by atoms with Crippen molar-refractivity contribution in [2.75, 3.05) is 5.75 Å². The fourth-order valence-electron chi connectivity index (χ4n) is 2.20. The van der Waals surface area contributed by atoms with E-state index < -0.39 is 0 Å². The normalized spacial score (nSPS) is 19.6. The van der Waals surface area contributed by atoms with Gasteiger partial charge >= 0.3 is 0 Å². The highest BCUT2D eigenvalue weighted by molar-refractivity contribution is 9.10. The minimum atomic E-state index is 0.589. The lowest BCUT2D eigenvalue weighted by Crippen LogP contribution is -2.12. The Labute approximate surface area is 108 Å². The average Bonchev–Trinajstić information content (AvgIpc) is 2.74. The molecule has 84 valence electrons. The number of benzene rings is 1. The van der Waals surface area contributed by atoms with Crippen molar-refractivity contribution >= 4 is 38.7 Å². The molecular formula is C12H13BrN2S. The maximum atomic E-state index is 4.68. The average molecular weight is 297 g/mol. The lowest BCUT2D eigenvalue weighted by molar-refractivity contribution is 0.415. The van der Waals surface area contributed by atoms with Gasteiger partial charge in [-0.15, -0.1) is 0 Å². The number of thioether (sulfide) groups is 1. The van der Waals surface area contributed by atoms with E-state index in [0.717, 1.165) is 15.7 Å². The Morgan fingerprint density at radius 2 is 2.31 bits per heavy atom. The highest BCUT2D eigenvalue weighted by atomic mass is 79.9. The molecule has 0 radical (unpaired) electrons. The fourth-order valence-corrected chi connectivity index (χ4v) is 3.94. The highest BCUT2D eigenvalue weighted by Gasteiger charge is 2.28. The van der Waals surface area contributed by atoms with Crippen molar-refractivity contribution in [3.05, 3.63) is 22.7 Å². The standard InChI is InChI=1S/C12H13BrN2S/c1-7(2)11-6-16-12-14-9-5-8(13)3-4-10(9)15(11)12/h3-5,7,11H,6H2,1-2H3/t11-/m0/s1. The van der Waals surface area contributed by atoms with Crippen LogP contribution in [0.4, 0.5) is 0 Å². The van der Waals surface area contributed by atoms with E-state index in [1.807, 2.05) is 11.8 Å². The molecule has 4 heteroatoms. The summed E-state index contributed by atoms with van der Waals surface area (Å²) < 4.78 is 3.50. The maximum absolute atomic E-state index is 4.68. The summed E-state index contributed by atoms with van der Waals surface area (Å²) >= 11 is 5.37. The monoisotopic (exact) mass is 296 g/mol. The molecule has 16 heavy (non-hydrogen) atoms. The molecule has 1 aliphatic heterocycles. The summed E-state index contributed by atoms with van der Waals surface area (Å²) in [6.45, 7) is 4.57. The zero-order valence-corrected chi connectivity index (χ0v) is 11.7. The van der Waals surface area contributed by atoms with E-state index in [0.29, 0.717) is 12.0 Å². The van der Waals surface area contributed by atoms with Crippen LogP contribution in [0.2, 0.25) is 0 Å². The van der Waals surface area contributed by atoms with Gasteiger partial charge in [0, 0.05) is 16.3 Å². The van der Waals surface area contributed by atoms with Crippen molar-refractivity contribution < 1.29 is 0 Å². The molecule has 0 saturated heterocycles. The smallest absolute Gasteiger partial charge is 0.169 e. The summed E-state index contributed by atoms with van der Waals surface area (Å²) in [6, 6.07) is 6.94. The van der Waals surface area contributed by atoms with Gasteiger partial charge in [0.05, 0.1) is 11.0 Å². The molecule has 0 amide bonds. The van der Waals surface area contributed by atoms with E-state index in [1.165, 1.54) is 10.7 Å². The van der Waals surface area contributed by atoms with Crippen LogP contribution in [-0.2, 0) is 0 Å². The van der Waals surface area contributed by atoms with Crippen molar-refractivity contribution in [3.8, 4) is 0 Å². The van der Waals surface area contributed by atoms with E-state index in [4.69, 9.17) is 0 Å². The van der Waals surface area contributed by atoms with E-state index in [9.17, 15) is 0 Å². The van der Waals surface area contributed by atoms with Crippen LogP contribution in [0.5, 0.6) is 0 Å². The van der Waals surface area contributed by atoms with Gasteiger partial charge in [0.25, 0.3) is 0 Å². The second-order valence-corrected chi connectivity index (χ2v) is 6.42. The Morgan fingerprint density at radius 1 is 1.50 bits per heavy atom. The van der Waals surface area contributed by atoms with E-state index in [-0.39, 0.29) is 0 Å². The van der Waals surface area contributed by atoms with E-state index >= 15 is 0 Å². The van der Waals surface area contributed by atoms with Gasteiger partial charge in [0.2, 0.25) is 0 Å². The fraction of sp³-hybridized carbons (Fsp3) is 0.417. The molecule has 0 bridgehead atoms. The van der Waals surface area contributed by atoms with Crippen LogP contribution in [0.3, 0.4) is 0 Å². The molecule has 2 heterocycles. The second kappa shape index (κ2) is 3.77. The maximum Gasteiger partial charge on any atom is 0.169 e. The highest BCUT2D eigenvalue weighted by Crippen LogP contribution is 2.40. The van der Waals surface area contributed by atoms with E-state index in [1.54, 1.807) is 0 Å². The molecule has 1 aromatic heterocycles. The van der Waals surface area contributed by atoms with Crippen molar-refractivity contribution in [2.24, 2.45) is 5.92 Å². The Hall–Kier alpha value is -0.480. The first-order chi connectivity index (χ1) is 7.66. The topological polar surface area (TPSA) is 17.8 Å². The first kappa shape index (κ1) is 10.7. The van der Waals surface area contributed by atoms with Gasteiger partial charge in [-0.2, -0.15) is 0 Å². The van der Waals surface area contributed by atoms with Crippen LogP contribution < -0.4 is 0 Å².